The summed E-state index contributed by atoms with van der Waals surface area (Å²) in [5.41, 5.74) is 1.88. The predicted molar refractivity (Wildman–Crippen MR) is 64.2 cm³/mol. The van der Waals surface area contributed by atoms with Crippen LogP contribution in [0, 0.1) is 13.8 Å². The zero-order valence-corrected chi connectivity index (χ0v) is 10.4. The van der Waals surface area contributed by atoms with Gasteiger partial charge in [-0.2, -0.15) is 0 Å². The molecule has 1 unspecified atom stereocenters. The number of nitrogens with zero attached hydrogens (tertiary/aromatic N) is 3. The summed E-state index contributed by atoms with van der Waals surface area (Å²) >= 11 is 5.95. The van der Waals surface area contributed by atoms with Crippen molar-refractivity contribution in [2.24, 2.45) is 0 Å². The molecule has 1 aliphatic heterocycles. The van der Waals surface area contributed by atoms with Crippen LogP contribution >= 0.6 is 11.6 Å². The monoisotopic (exact) mass is 241 g/mol. The lowest BCUT2D eigenvalue weighted by molar-refractivity contribution is 0.0992. The lowest BCUT2D eigenvalue weighted by Crippen LogP contribution is -2.47. The molecule has 5 heteroatoms. The van der Waals surface area contributed by atoms with E-state index in [-0.39, 0.29) is 6.04 Å². The van der Waals surface area contributed by atoms with Crippen molar-refractivity contribution in [1.82, 2.24) is 9.97 Å². The molecule has 1 saturated heterocycles. The minimum absolute atomic E-state index is 0.199. The number of halogens is 1. The first kappa shape index (κ1) is 11.6. The quantitative estimate of drug-likeness (QED) is 0.737. The Kier molecular flexibility index (Phi) is 3.61. The SMILES string of the molecule is Cc1cnc(C)c(N2CCOCC2CCl)n1. The van der Waals surface area contributed by atoms with Gasteiger partial charge in [-0.1, -0.05) is 0 Å². The maximum Gasteiger partial charge on any atom is 0.150 e. The number of aromatic nitrogens is 2. The van der Waals surface area contributed by atoms with E-state index in [2.05, 4.69) is 14.9 Å². The van der Waals surface area contributed by atoms with Crippen LogP contribution < -0.4 is 4.90 Å². The predicted octanol–water partition coefficient (Wildman–Crippen LogP) is 1.54. The Morgan fingerprint density at radius 2 is 2.38 bits per heavy atom. The van der Waals surface area contributed by atoms with Gasteiger partial charge in [0.1, 0.15) is 0 Å². The number of alkyl halides is 1. The van der Waals surface area contributed by atoms with Crippen LogP contribution in [0.25, 0.3) is 0 Å². The first-order valence-electron chi connectivity index (χ1n) is 5.43. The maximum atomic E-state index is 5.95. The number of morpholine rings is 1. The largest absolute Gasteiger partial charge is 0.377 e. The Morgan fingerprint density at radius 1 is 1.56 bits per heavy atom. The molecule has 0 radical (unpaired) electrons. The second kappa shape index (κ2) is 4.97. The molecule has 0 amide bonds. The molecule has 2 heterocycles. The minimum Gasteiger partial charge on any atom is -0.377 e. The molecule has 88 valence electrons. The van der Waals surface area contributed by atoms with Gasteiger partial charge in [-0.25, -0.2) is 4.98 Å². The van der Waals surface area contributed by atoms with Gasteiger partial charge in [0.25, 0.3) is 0 Å². The third-order valence-electron chi connectivity index (χ3n) is 2.73. The van der Waals surface area contributed by atoms with Crippen LogP contribution in [0.5, 0.6) is 0 Å². The van der Waals surface area contributed by atoms with E-state index in [1.165, 1.54) is 0 Å². The molecule has 4 nitrogen and oxygen atoms in total. The molecule has 1 aliphatic rings. The Balaban J connectivity index is 2.30. The van der Waals surface area contributed by atoms with E-state index in [0.717, 1.165) is 30.4 Å². The van der Waals surface area contributed by atoms with Gasteiger partial charge in [0.2, 0.25) is 0 Å². The van der Waals surface area contributed by atoms with Gasteiger partial charge in [-0.15, -0.1) is 11.6 Å². The van der Waals surface area contributed by atoms with Gasteiger partial charge in [-0.05, 0) is 13.8 Å². The molecule has 0 aromatic carbocycles. The van der Waals surface area contributed by atoms with E-state index in [1.807, 2.05) is 13.8 Å². The Bertz CT molecular complexity index is 372. The Hall–Kier alpha value is -0.870. The Labute approximate surface area is 101 Å². The van der Waals surface area contributed by atoms with Gasteiger partial charge in [0.15, 0.2) is 5.82 Å². The second-order valence-electron chi connectivity index (χ2n) is 4.00. The molecular weight excluding hydrogens is 226 g/mol. The smallest absolute Gasteiger partial charge is 0.150 e. The van der Waals surface area contributed by atoms with Crippen LogP contribution in [-0.2, 0) is 4.74 Å². The van der Waals surface area contributed by atoms with E-state index in [1.54, 1.807) is 6.20 Å². The number of hydrogen-bond donors (Lipinski definition) is 0. The fourth-order valence-corrected chi connectivity index (χ4v) is 2.11. The fourth-order valence-electron chi connectivity index (χ4n) is 1.86. The molecular formula is C11H16ClN3O. The highest BCUT2D eigenvalue weighted by Crippen LogP contribution is 2.21. The van der Waals surface area contributed by atoms with Gasteiger partial charge < -0.3 is 9.64 Å². The first-order chi connectivity index (χ1) is 7.72. The second-order valence-corrected chi connectivity index (χ2v) is 4.31. The molecule has 0 saturated carbocycles. The normalized spacial score (nSPS) is 21.2. The van der Waals surface area contributed by atoms with Gasteiger partial charge in [0.05, 0.1) is 30.6 Å². The van der Waals surface area contributed by atoms with Gasteiger partial charge >= 0.3 is 0 Å². The summed E-state index contributed by atoms with van der Waals surface area (Å²) in [6, 6.07) is 0.199. The summed E-state index contributed by atoms with van der Waals surface area (Å²) < 4.78 is 5.42. The van der Waals surface area contributed by atoms with Crippen LogP contribution in [0.3, 0.4) is 0 Å². The molecule has 0 N–H and O–H groups in total. The highest BCUT2D eigenvalue weighted by molar-refractivity contribution is 6.18. The van der Waals surface area contributed by atoms with Crippen molar-refractivity contribution in [3.63, 3.8) is 0 Å². The molecule has 0 aliphatic carbocycles. The summed E-state index contributed by atoms with van der Waals surface area (Å²) in [4.78, 5) is 11.1. The summed E-state index contributed by atoms with van der Waals surface area (Å²) in [5.74, 6) is 1.49. The summed E-state index contributed by atoms with van der Waals surface area (Å²) in [5, 5.41) is 0. The van der Waals surface area contributed by atoms with Crippen molar-refractivity contribution < 1.29 is 4.74 Å². The molecule has 1 aromatic rings. The molecule has 1 atom stereocenters. The third kappa shape index (κ3) is 2.28. The topological polar surface area (TPSA) is 38.2 Å². The van der Waals surface area contributed by atoms with Crippen molar-refractivity contribution in [1.29, 1.82) is 0 Å². The van der Waals surface area contributed by atoms with Crippen LogP contribution in [0.4, 0.5) is 5.82 Å². The average Bonchev–Trinajstić information content (AvgIpc) is 2.32. The van der Waals surface area contributed by atoms with E-state index in [4.69, 9.17) is 16.3 Å². The van der Waals surface area contributed by atoms with E-state index >= 15 is 0 Å². The lowest BCUT2D eigenvalue weighted by atomic mass is 10.2. The summed E-state index contributed by atoms with van der Waals surface area (Å²) in [7, 11) is 0. The van der Waals surface area contributed by atoms with E-state index in [9.17, 15) is 0 Å². The Morgan fingerprint density at radius 3 is 3.12 bits per heavy atom. The van der Waals surface area contributed by atoms with Gasteiger partial charge in [0, 0.05) is 18.6 Å². The van der Waals surface area contributed by atoms with Crippen LogP contribution in [-0.4, -0.2) is 41.6 Å². The van der Waals surface area contributed by atoms with Crippen LogP contribution in [0.1, 0.15) is 11.4 Å². The standard InChI is InChI=1S/C11H16ClN3O/c1-8-6-13-9(2)11(14-8)15-3-4-16-7-10(15)5-12/h6,10H,3-5,7H2,1-2H3. The number of ether oxygens (including phenoxy) is 1. The van der Waals surface area contributed by atoms with Crippen molar-refractivity contribution in [3.8, 4) is 0 Å². The number of hydrogen-bond acceptors (Lipinski definition) is 4. The zero-order chi connectivity index (χ0) is 11.5. The number of anilines is 1. The number of aryl methyl sites for hydroxylation is 2. The average molecular weight is 242 g/mol. The molecule has 2 rings (SSSR count). The minimum atomic E-state index is 0.199. The molecule has 1 fully saturated rings. The summed E-state index contributed by atoms with van der Waals surface area (Å²) in [6.45, 7) is 6.14. The molecule has 16 heavy (non-hydrogen) atoms. The maximum absolute atomic E-state index is 5.95. The first-order valence-corrected chi connectivity index (χ1v) is 5.96. The van der Waals surface area contributed by atoms with Crippen molar-refractivity contribution in [3.05, 3.63) is 17.6 Å². The van der Waals surface area contributed by atoms with Crippen LogP contribution in [0.2, 0.25) is 0 Å². The van der Waals surface area contributed by atoms with Crippen molar-refractivity contribution in [2.45, 2.75) is 19.9 Å². The third-order valence-corrected chi connectivity index (χ3v) is 3.08. The van der Waals surface area contributed by atoms with E-state index < -0.39 is 0 Å². The van der Waals surface area contributed by atoms with E-state index in [0.29, 0.717) is 12.5 Å². The van der Waals surface area contributed by atoms with Crippen LogP contribution in [0.15, 0.2) is 6.20 Å². The van der Waals surface area contributed by atoms with Crippen molar-refractivity contribution >= 4 is 17.4 Å². The highest BCUT2D eigenvalue weighted by Gasteiger charge is 2.25. The van der Waals surface area contributed by atoms with Crippen molar-refractivity contribution in [2.75, 3.05) is 30.5 Å². The summed E-state index contributed by atoms with van der Waals surface area (Å²) in [6.07, 6.45) is 1.79. The molecule has 0 spiro atoms. The molecule has 1 aromatic heterocycles. The fraction of sp³-hybridized carbons (Fsp3) is 0.636. The lowest BCUT2D eigenvalue weighted by Gasteiger charge is -2.35. The number of rotatable bonds is 2. The molecule has 0 bridgehead atoms. The highest BCUT2D eigenvalue weighted by atomic mass is 35.5. The van der Waals surface area contributed by atoms with Gasteiger partial charge in [-0.3, -0.25) is 4.98 Å². The zero-order valence-electron chi connectivity index (χ0n) is 9.61.